The number of H-pyrrole nitrogens is 1. The second-order valence-corrected chi connectivity index (χ2v) is 1.89. The molecule has 1 N–H and O–H groups in total. The maximum absolute atomic E-state index is 4.75. The van der Waals surface area contributed by atoms with Gasteiger partial charge in [0.25, 0.3) is 5.71 Å². The van der Waals surface area contributed by atoms with Gasteiger partial charge in [0.15, 0.2) is 0 Å². The third kappa shape index (κ3) is 0.468. The lowest BCUT2D eigenvalue weighted by molar-refractivity contribution is 0.446. The normalized spacial score (nSPS) is 10.8. The van der Waals surface area contributed by atoms with Crippen molar-refractivity contribution in [3.63, 3.8) is 0 Å². The van der Waals surface area contributed by atoms with Crippen LogP contribution in [-0.4, -0.2) is 15.4 Å². The molecule has 0 bridgehead atoms. The van der Waals surface area contributed by atoms with Crippen LogP contribution in [0.25, 0.3) is 11.1 Å². The predicted octanol–water partition coefficient (Wildman–Crippen LogP) is 0.859. The number of fused-ring (bicyclic) bond motifs is 1. The number of hydrogen-bond acceptors (Lipinski definition) is 3. The van der Waals surface area contributed by atoms with Gasteiger partial charge in [-0.15, -0.1) is 5.10 Å². The lowest BCUT2D eigenvalue weighted by Gasteiger charge is -1.72. The maximum atomic E-state index is 4.75. The van der Waals surface area contributed by atoms with E-state index in [-0.39, 0.29) is 0 Å². The largest absolute Gasteiger partial charge is 0.334 e. The Hall–Kier alpha value is -1.32. The molecule has 2 heterocycles. The number of rotatable bonds is 0. The van der Waals surface area contributed by atoms with Crippen molar-refractivity contribution in [2.45, 2.75) is 6.92 Å². The molecule has 4 nitrogen and oxygen atoms in total. The third-order valence-electron chi connectivity index (χ3n) is 1.28. The molecule has 0 aliphatic carbocycles. The smallest absolute Gasteiger partial charge is 0.276 e. The molecule has 0 unspecified atom stereocenters. The van der Waals surface area contributed by atoms with Gasteiger partial charge in [-0.05, 0) is 6.92 Å². The minimum absolute atomic E-state index is 0.576. The van der Waals surface area contributed by atoms with E-state index in [2.05, 4.69) is 15.4 Å². The molecule has 2 aromatic rings. The first-order valence-electron chi connectivity index (χ1n) is 2.63. The van der Waals surface area contributed by atoms with E-state index < -0.39 is 0 Å². The standard InChI is InChI=1S/C5H5N3O/c1-3-4-2-6-9-5(4)8-7-3/h2H,1H3,(H,7,8). The van der Waals surface area contributed by atoms with Crippen LogP contribution in [0.3, 0.4) is 0 Å². The van der Waals surface area contributed by atoms with E-state index in [1.807, 2.05) is 6.92 Å². The van der Waals surface area contributed by atoms with Crippen LogP contribution in [0.2, 0.25) is 0 Å². The molecule has 0 radical (unpaired) electrons. The molecule has 0 fully saturated rings. The van der Waals surface area contributed by atoms with E-state index in [0.717, 1.165) is 11.1 Å². The highest BCUT2D eigenvalue weighted by Crippen LogP contribution is 2.11. The van der Waals surface area contributed by atoms with E-state index in [1.165, 1.54) is 0 Å². The van der Waals surface area contributed by atoms with Crippen LogP contribution < -0.4 is 0 Å². The zero-order chi connectivity index (χ0) is 6.27. The Morgan fingerprint density at radius 1 is 1.67 bits per heavy atom. The number of nitrogens with one attached hydrogen (secondary N) is 1. The summed E-state index contributed by atoms with van der Waals surface area (Å²) in [6.45, 7) is 1.92. The number of aromatic amines is 1. The number of aromatic nitrogens is 3. The third-order valence-corrected chi connectivity index (χ3v) is 1.28. The molecule has 0 aromatic carbocycles. The lowest BCUT2D eigenvalue weighted by Crippen LogP contribution is -1.69. The van der Waals surface area contributed by atoms with Gasteiger partial charge < -0.3 is 4.52 Å². The molecule has 0 aliphatic rings. The highest BCUT2D eigenvalue weighted by Gasteiger charge is 2.02. The van der Waals surface area contributed by atoms with Crippen molar-refractivity contribution < 1.29 is 4.52 Å². The molecule has 2 aromatic heterocycles. The summed E-state index contributed by atoms with van der Waals surface area (Å²) < 4.78 is 4.75. The van der Waals surface area contributed by atoms with Crippen LogP contribution in [0, 0.1) is 6.92 Å². The van der Waals surface area contributed by atoms with Crippen LogP contribution in [0.5, 0.6) is 0 Å². The summed E-state index contributed by atoms with van der Waals surface area (Å²) >= 11 is 0. The molecule has 2 rings (SSSR count). The SMILES string of the molecule is Cc1[nH]nc2oncc12. The van der Waals surface area contributed by atoms with Crippen molar-refractivity contribution in [3.8, 4) is 0 Å². The molecule has 0 saturated heterocycles. The Kier molecular flexibility index (Phi) is 0.677. The second-order valence-electron chi connectivity index (χ2n) is 1.89. The molecule has 4 heteroatoms. The van der Waals surface area contributed by atoms with E-state index in [9.17, 15) is 0 Å². The molecule has 0 saturated carbocycles. The fraction of sp³-hybridized carbons (Fsp3) is 0.200. The average molecular weight is 123 g/mol. The Balaban J connectivity index is 2.99. The quantitative estimate of drug-likeness (QED) is 0.565. The van der Waals surface area contributed by atoms with Crippen molar-refractivity contribution in [1.82, 2.24) is 15.4 Å². The first kappa shape index (κ1) is 4.55. The maximum Gasteiger partial charge on any atom is 0.276 e. The Labute approximate surface area is 50.8 Å². The molecule has 0 aliphatic heterocycles. The summed E-state index contributed by atoms with van der Waals surface area (Å²) in [7, 11) is 0. The Morgan fingerprint density at radius 2 is 2.56 bits per heavy atom. The highest BCUT2D eigenvalue weighted by molar-refractivity contribution is 5.74. The van der Waals surface area contributed by atoms with Crippen LogP contribution >= 0.6 is 0 Å². The zero-order valence-corrected chi connectivity index (χ0v) is 4.88. The fourth-order valence-corrected chi connectivity index (χ4v) is 0.766. The van der Waals surface area contributed by atoms with E-state index in [0.29, 0.717) is 5.71 Å². The van der Waals surface area contributed by atoms with E-state index in [4.69, 9.17) is 4.52 Å². The van der Waals surface area contributed by atoms with Gasteiger partial charge in [0.1, 0.15) is 0 Å². The summed E-state index contributed by atoms with van der Waals surface area (Å²) in [6, 6.07) is 0. The molecule has 0 spiro atoms. The summed E-state index contributed by atoms with van der Waals surface area (Å²) in [6.07, 6.45) is 1.65. The first-order valence-corrected chi connectivity index (χ1v) is 2.63. The number of nitrogens with zero attached hydrogens (tertiary/aromatic N) is 2. The van der Waals surface area contributed by atoms with E-state index in [1.54, 1.807) is 6.20 Å². The monoisotopic (exact) mass is 123 g/mol. The molecule has 0 amide bonds. The van der Waals surface area contributed by atoms with Gasteiger partial charge in [0, 0.05) is 5.69 Å². The highest BCUT2D eigenvalue weighted by atomic mass is 16.5. The predicted molar refractivity (Wildman–Crippen MR) is 30.9 cm³/mol. The molecule has 0 atom stereocenters. The van der Waals surface area contributed by atoms with Crippen molar-refractivity contribution in [3.05, 3.63) is 11.9 Å². The lowest BCUT2D eigenvalue weighted by atomic mass is 10.4. The summed E-state index contributed by atoms with van der Waals surface area (Å²) in [4.78, 5) is 0. The van der Waals surface area contributed by atoms with Gasteiger partial charge in [0.2, 0.25) is 0 Å². The second kappa shape index (κ2) is 1.34. The van der Waals surface area contributed by atoms with Gasteiger partial charge in [0.05, 0.1) is 11.6 Å². The van der Waals surface area contributed by atoms with Crippen molar-refractivity contribution in [2.24, 2.45) is 0 Å². The van der Waals surface area contributed by atoms with Crippen molar-refractivity contribution in [2.75, 3.05) is 0 Å². The van der Waals surface area contributed by atoms with Crippen LogP contribution in [-0.2, 0) is 0 Å². The minimum atomic E-state index is 0.576. The summed E-state index contributed by atoms with van der Waals surface area (Å²) in [5.74, 6) is 0. The van der Waals surface area contributed by atoms with Crippen LogP contribution in [0.15, 0.2) is 10.7 Å². The molecule has 9 heavy (non-hydrogen) atoms. The molecule has 46 valence electrons. The number of hydrogen-bond donors (Lipinski definition) is 1. The van der Waals surface area contributed by atoms with E-state index >= 15 is 0 Å². The topological polar surface area (TPSA) is 54.7 Å². The Bertz CT molecular complexity index is 321. The minimum Gasteiger partial charge on any atom is -0.334 e. The van der Waals surface area contributed by atoms with Gasteiger partial charge in [-0.3, -0.25) is 5.10 Å². The number of aryl methyl sites for hydroxylation is 1. The Morgan fingerprint density at radius 3 is 3.33 bits per heavy atom. The summed E-state index contributed by atoms with van der Waals surface area (Å²) in [5.41, 5.74) is 1.57. The van der Waals surface area contributed by atoms with Crippen molar-refractivity contribution >= 4 is 11.1 Å². The molecular formula is C5H5N3O. The average Bonchev–Trinajstić information content (AvgIpc) is 2.35. The zero-order valence-electron chi connectivity index (χ0n) is 4.88. The van der Waals surface area contributed by atoms with Gasteiger partial charge in [-0.25, -0.2) is 0 Å². The van der Waals surface area contributed by atoms with Gasteiger partial charge in [-0.2, -0.15) is 0 Å². The van der Waals surface area contributed by atoms with Gasteiger partial charge >= 0.3 is 0 Å². The molecular weight excluding hydrogens is 118 g/mol. The van der Waals surface area contributed by atoms with Crippen LogP contribution in [0.4, 0.5) is 0 Å². The summed E-state index contributed by atoms with van der Waals surface area (Å²) in [5, 5.41) is 11.1. The van der Waals surface area contributed by atoms with Crippen LogP contribution in [0.1, 0.15) is 5.69 Å². The van der Waals surface area contributed by atoms with Gasteiger partial charge in [-0.1, -0.05) is 5.16 Å². The fourth-order valence-electron chi connectivity index (χ4n) is 0.766. The van der Waals surface area contributed by atoms with Crippen molar-refractivity contribution in [1.29, 1.82) is 0 Å². The first-order chi connectivity index (χ1) is 4.38.